The average molecular weight is 330 g/mol. The lowest BCUT2D eigenvalue weighted by atomic mass is 10.2. The minimum Gasteiger partial charge on any atom is -0.497 e. The Morgan fingerprint density at radius 3 is 2.29 bits per heavy atom. The molecule has 5 nitrogen and oxygen atoms in total. The number of nitrogen functional groups attached to an aromatic ring is 1. The third kappa shape index (κ3) is 4.72. The maximum Gasteiger partial charge on any atom is 0.143 e. The second kappa shape index (κ2) is 8.91. The first-order valence-electron chi connectivity index (χ1n) is 8.13. The standard InChI is InChI=1S/C19H26N2O3/c1-4-21(15-6-11-18(20)19(14-15)23-3)12-5-13-24-17-9-7-16(22-2)8-10-17/h6-11,14H,4-5,12-13,20H2,1-3H3. The Kier molecular flexibility index (Phi) is 6.61. The molecule has 2 N–H and O–H groups in total. The van der Waals surface area contributed by atoms with Crippen LogP contribution in [-0.2, 0) is 0 Å². The lowest BCUT2D eigenvalue weighted by Crippen LogP contribution is -2.25. The first kappa shape index (κ1) is 17.8. The van der Waals surface area contributed by atoms with Gasteiger partial charge in [0.15, 0.2) is 0 Å². The summed E-state index contributed by atoms with van der Waals surface area (Å²) < 4.78 is 16.2. The van der Waals surface area contributed by atoms with Crippen molar-refractivity contribution in [3.05, 3.63) is 42.5 Å². The number of nitrogens with zero attached hydrogens (tertiary/aromatic N) is 1. The molecule has 0 aliphatic carbocycles. The van der Waals surface area contributed by atoms with Crippen LogP contribution >= 0.6 is 0 Å². The maximum atomic E-state index is 5.88. The van der Waals surface area contributed by atoms with Gasteiger partial charge in [-0.3, -0.25) is 0 Å². The number of ether oxygens (including phenoxy) is 3. The van der Waals surface area contributed by atoms with E-state index in [-0.39, 0.29) is 0 Å². The second-order valence-electron chi connectivity index (χ2n) is 5.38. The van der Waals surface area contributed by atoms with Gasteiger partial charge in [-0.15, -0.1) is 0 Å². The Morgan fingerprint density at radius 2 is 1.67 bits per heavy atom. The summed E-state index contributed by atoms with van der Waals surface area (Å²) in [6.45, 7) is 4.61. The quantitative estimate of drug-likeness (QED) is 0.562. The van der Waals surface area contributed by atoms with Crippen LogP contribution in [0.2, 0.25) is 0 Å². The Morgan fingerprint density at radius 1 is 0.958 bits per heavy atom. The van der Waals surface area contributed by atoms with Crippen molar-refractivity contribution in [1.29, 1.82) is 0 Å². The van der Waals surface area contributed by atoms with Gasteiger partial charge in [-0.1, -0.05) is 0 Å². The van der Waals surface area contributed by atoms with Gasteiger partial charge >= 0.3 is 0 Å². The zero-order chi connectivity index (χ0) is 17.4. The van der Waals surface area contributed by atoms with Gasteiger partial charge in [0.1, 0.15) is 17.2 Å². The lowest BCUT2D eigenvalue weighted by molar-refractivity contribution is 0.311. The molecule has 0 bridgehead atoms. The van der Waals surface area contributed by atoms with Crippen molar-refractivity contribution in [2.75, 3.05) is 44.5 Å². The molecule has 2 aromatic carbocycles. The van der Waals surface area contributed by atoms with E-state index in [4.69, 9.17) is 19.9 Å². The monoisotopic (exact) mass is 330 g/mol. The van der Waals surface area contributed by atoms with Crippen molar-refractivity contribution in [1.82, 2.24) is 0 Å². The number of methoxy groups -OCH3 is 2. The van der Waals surface area contributed by atoms with Crippen LogP contribution < -0.4 is 24.8 Å². The van der Waals surface area contributed by atoms with Crippen LogP contribution in [0.15, 0.2) is 42.5 Å². The van der Waals surface area contributed by atoms with Crippen molar-refractivity contribution in [2.45, 2.75) is 13.3 Å². The van der Waals surface area contributed by atoms with Crippen LogP contribution in [0.1, 0.15) is 13.3 Å². The highest BCUT2D eigenvalue weighted by Crippen LogP contribution is 2.27. The summed E-state index contributed by atoms with van der Waals surface area (Å²) in [7, 11) is 3.29. The molecule has 0 saturated heterocycles. The molecular weight excluding hydrogens is 304 g/mol. The molecule has 2 rings (SSSR count). The summed E-state index contributed by atoms with van der Waals surface area (Å²) in [5, 5.41) is 0. The predicted molar refractivity (Wildman–Crippen MR) is 98.4 cm³/mol. The molecule has 0 aliphatic heterocycles. The third-order valence-corrected chi connectivity index (χ3v) is 3.86. The molecule has 24 heavy (non-hydrogen) atoms. The second-order valence-corrected chi connectivity index (χ2v) is 5.38. The Labute approximate surface area is 143 Å². The summed E-state index contributed by atoms with van der Waals surface area (Å²) in [6.07, 6.45) is 0.923. The van der Waals surface area contributed by atoms with Crippen molar-refractivity contribution >= 4 is 11.4 Å². The van der Waals surface area contributed by atoms with Gasteiger partial charge in [-0.2, -0.15) is 0 Å². The normalized spacial score (nSPS) is 10.3. The first-order chi connectivity index (χ1) is 11.7. The van der Waals surface area contributed by atoms with Crippen LogP contribution in [-0.4, -0.2) is 33.9 Å². The van der Waals surface area contributed by atoms with Gasteiger partial charge in [-0.25, -0.2) is 0 Å². The van der Waals surface area contributed by atoms with Crippen LogP contribution in [0, 0.1) is 0 Å². The summed E-state index contributed by atoms with van der Waals surface area (Å²) in [4.78, 5) is 2.28. The molecule has 0 spiro atoms. The largest absolute Gasteiger partial charge is 0.497 e. The number of nitrogens with two attached hydrogens (primary N) is 1. The molecule has 5 heteroatoms. The molecule has 0 atom stereocenters. The molecule has 0 radical (unpaired) electrons. The van der Waals surface area contributed by atoms with E-state index in [1.54, 1.807) is 14.2 Å². The van der Waals surface area contributed by atoms with Crippen molar-refractivity contribution in [3.8, 4) is 17.2 Å². The molecule has 0 aliphatic rings. The fraction of sp³-hybridized carbons (Fsp3) is 0.368. The topological polar surface area (TPSA) is 57.0 Å². The van der Waals surface area contributed by atoms with Gasteiger partial charge in [-0.05, 0) is 49.7 Å². The van der Waals surface area contributed by atoms with Gasteiger partial charge in [0, 0.05) is 24.8 Å². The number of rotatable bonds is 9. The smallest absolute Gasteiger partial charge is 0.143 e. The summed E-state index contributed by atoms with van der Waals surface area (Å²) in [6, 6.07) is 13.5. The van der Waals surface area contributed by atoms with E-state index >= 15 is 0 Å². The fourth-order valence-corrected chi connectivity index (χ4v) is 2.48. The number of anilines is 2. The summed E-state index contributed by atoms with van der Waals surface area (Å²) in [5.74, 6) is 2.39. The molecule has 0 unspecified atom stereocenters. The fourth-order valence-electron chi connectivity index (χ4n) is 2.48. The first-order valence-corrected chi connectivity index (χ1v) is 8.13. The van der Waals surface area contributed by atoms with E-state index in [0.717, 1.165) is 36.7 Å². The van der Waals surface area contributed by atoms with Crippen LogP contribution in [0.3, 0.4) is 0 Å². The molecule has 0 heterocycles. The van der Waals surface area contributed by atoms with Crippen LogP contribution in [0.4, 0.5) is 11.4 Å². The van der Waals surface area contributed by atoms with E-state index in [9.17, 15) is 0 Å². The molecule has 130 valence electrons. The lowest BCUT2D eigenvalue weighted by Gasteiger charge is -2.24. The van der Waals surface area contributed by atoms with E-state index < -0.39 is 0 Å². The predicted octanol–water partition coefficient (Wildman–Crippen LogP) is 3.58. The molecule has 2 aromatic rings. The molecule has 0 fully saturated rings. The Bertz CT molecular complexity index is 629. The molecule has 0 amide bonds. The van der Waals surface area contributed by atoms with Crippen molar-refractivity contribution in [2.24, 2.45) is 0 Å². The minimum absolute atomic E-state index is 0.653. The van der Waals surface area contributed by atoms with E-state index in [1.807, 2.05) is 42.5 Å². The molecular formula is C19H26N2O3. The maximum absolute atomic E-state index is 5.88. The highest BCUT2D eigenvalue weighted by molar-refractivity contribution is 5.62. The zero-order valence-electron chi connectivity index (χ0n) is 14.6. The Balaban J connectivity index is 1.84. The number of hydrogen-bond donors (Lipinski definition) is 1. The zero-order valence-corrected chi connectivity index (χ0v) is 14.6. The van der Waals surface area contributed by atoms with Crippen molar-refractivity contribution < 1.29 is 14.2 Å². The highest BCUT2D eigenvalue weighted by Gasteiger charge is 2.07. The highest BCUT2D eigenvalue weighted by atomic mass is 16.5. The summed E-state index contributed by atoms with van der Waals surface area (Å²) in [5.41, 5.74) is 7.63. The van der Waals surface area contributed by atoms with Crippen LogP contribution in [0.5, 0.6) is 17.2 Å². The third-order valence-electron chi connectivity index (χ3n) is 3.86. The van der Waals surface area contributed by atoms with Crippen molar-refractivity contribution in [3.63, 3.8) is 0 Å². The number of benzene rings is 2. The van der Waals surface area contributed by atoms with E-state index in [0.29, 0.717) is 18.0 Å². The molecule has 0 saturated carbocycles. The SMILES string of the molecule is CCN(CCCOc1ccc(OC)cc1)c1ccc(N)c(OC)c1. The molecule has 0 aromatic heterocycles. The Hall–Kier alpha value is -2.56. The van der Waals surface area contributed by atoms with E-state index in [1.165, 1.54) is 0 Å². The van der Waals surface area contributed by atoms with Crippen LogP contribution in [0.25, 0.3) is 0 Å². The van der Waals surface area contributed by atoms with Gasteiger partial charge in [0.05, 0.1) is 26.5 Å². The summed E-state index contributed by atoms with van der Waals surface area (Å²) >= 11 is 0. The average Bonchev–Trinajstić information content (AvgIpc) is 2.63. The minimum atomic E-state index is 0.653. The van der Waals surface area contributed by atoms with Gasteiger partial charge < -0.3 is 24.8 Å². The number of hydrogen-bond acceptors (Lipinski definition) is 5. The van der Waals surface area contributed by atoms with Gasteiger partial charge in [0.25, 0.3) is 0 Å². The van der Waals surface area contributed by atoms with E-state index in [2.05, 4.69) is 11.8 Å². The van der Waals surface area contributed by atoms with Gasteiger partial charge in [0.2, 0.25) is 0 Å².